The van der Waals surface area contributed by atoms with Gasteiger partial charge in [-0.3, -0.25) is 0 Å². The Labute approximate surface area is 113 Å². The van der Waals surface area contributed by atoms with Crippen LogP contribution < -0.4 is 14.8 Å². The van der Waals surface area contributed by atoms with Crippen LogP contribution in [0.5, 0.6) is 5.75 Å². The minimum absolute atomic E-state index is 0.261. The van der Waals surface area contributed by atoms with Crippen molar-refractivity contribution in [1.82, 2.24) is 10.0 Å². The Balaban J connectivity index is 1.75. The van der Waals surface area contributed by atoms with Crippen molar-refractivity contribution in [1.29, 1.82) is 0 Å². The first-order chi connectivity index (χ1) is 9.17. The molecule has 1 saturated heterocycles. The van der Waals surface area contributed by atoms with Crippen LogP contribution in [0.2, 0.25) is 0 Å². The molecule has 0 amide bonds. The van der Waals surface area contributed by atoms with Crippen LogP contribution in [0.4, 0.5) is 0 Å². The van der Waals surface area contributed by atoms with E-state index in [4.69, 9.17) is 4.74 Å². The Morgan fingerprint density at radius 2 is 2.16 bits per heavy atom. The molecule has 2 atom stereocenters. The highest BCUT2D eigenvalue weighted by Crippen LogP contribution is 2.32. The fourth-order valence-electron chi connectivity index (χ4n) is 2.64. The van der Waals surface area contributed by atoms with Crippen LogP contribution in [0, 0.1) is 0 Å². The zero-order valence-electron chi connectivity index (χ0n) is 10.6. The maximum Gasteiger partial charge on any atom is 0.216 e. The molecule has 2 aliphatic rings. The number of sulfonamides is 1. The molecule has 0 spiro atoms. The smallest absolute Gasteiger partial charge is 0.216 e. The second-order valence-electron chi connectivity index (χ2n) is 5.03. The van der Waals surface area contributed by atoms with Crippen LogP contribution in [0.25, 0.3) is 0 Å². The van der Waals surface area contributed by atoms with Crippen molar-refractivity contribution in [3.05, 3.63) is 29.8 Å². The third-order valence-electron chi connectivity index (χ3n) is 3.70. The molecule has 1 aromatic carbocycles. The van der Waals surface area contributed by atoms with Gasteiger partial charge in [0.05, 0.1) is 11.3 Å². The SMILES string of the molecule is O=S(=O)(NC1COc2ccccc21)C1CCCNC1. The van der Waals surface area contributed by atoms with E-state index in [1.807, 2.05) is 24.3 Å². The highest BCUT2D eigenvalue weighted by molar-refractivity contribution is 7.90. The zero-order chi connectivity index (χ0) is 13.3. The molecule has 0 radical (unpaired) electrons. The van der Waals surface area contributed by atoms with Crippen molar-refractivity contribution in [2.75, 3.05) is 19.7 Å². The number of benzene rings is 1. The van der Waals surface area contributed by atoms with Gasteiger partial charge in [-0.2, -0.15) is 0 Å². The molecular weight excluding hydrogens is 264 g/mol. The van der Waals surface area contributed by atoms with Gasteiger partial charge in [0.2, 0.25) is 10.0 Å². The standard InChI is InChI=1S/C13H18N2O3S/c16-19(17,10-4-3-7-14-8-10)15-12-9-18-13-6-2-1-5-11(12)13/h1-2,5-6,10,12,14-15H,3-4,7-9H2. The molecule has 19 heavy (non-hydrogen) atoms. The van der Waals surface area contributed by atoms with E-state index in [0.29, 0.717) is 13.2 Å². The summed E-state index contributed by atoms with van der Waals surface area (Å²) < 4.78 is 33.0. The van der Waals surface area contributed by atoms with Gasteiger partial charge in [-0.05, 0) is 25.5 Å². The maximum atomic E-state index is 12.3. The van der Waals surface area contributed by atoms with E-state index >= 15 is 0 Å². The van der Waals surface area contributed by atoms with Crippen molar-refractivity contribution in [2.45, 2.75) is 24.1 Å². The third-order valence-corrected chi connectivity index (χ3v) is 5.59. The lowest BCUT2D eigenvalue weighted by Gasteiger charge is -2.24. The summed E-state index contributed by atoms with van der Waals surface area (Å²) in [7, 11) is -3.30. The van der Waals surface area contributed by atoms with Gasteiger partial charge in [0.15, 0.2) is 0 Å². The first-order valence-electron chi connectivity index (χ1n) is 6.60. The first kappa shape index (κ1) is 12.9. The van der Waals surface area contributed by atoms with Gasteiger partial charge in [-0.25, -0.2) is 13.1 Å². The van der Waals surface area contributed by atoms with Crippen molar-refractivity contribution in [3.63, 3.8) is 0 Å². The molecule has 0 saturated carbocycles. The minimum Gasteiger partial charge on any atom is -0.491 e. The molecule has 2 N–H and O–H groups in total. The van der Waals surface area contributed by atoms with E-state index in [0.717, 1.165) is 30.7 Å². The van der Waals surface area contributed by atoms with Crippen molar-refractivity contribution in [2.24, 2.45) is 0 Å². The zero-order valence-corrected chi connectivity index (χ0v) is 11.4. The van der Waals surface area contributed by atoms with Crippen LogP contribution >= 0.6 is 0 Å². The molecule has 6 heteroatoms. The third kappa shape index (κ3) is 2.61. The van der Waals surface area contributed by atoms with Gasteiger partial charge in [-0.1, -0.05) is 18.2 Å². The highest BCUT2D eigenvalue weighted by atomic mass is 32.2. The summed E-state index contributed by atoms with van der Waals surface area (Å²) in [5, 5.41) is 2.80. The Morgan fingerprint density at radius 3 is 2.95 bits per heavy atom. The van der Waals surface area contributed by atoms with Crippen LogP contribution in [-0.2, 0) is 10.0 Å². The molecule has 3 rings (SSSR count). The van der Waals surface area contributed by atoms with Gasteiger partial charge >= 0.3 is 0 Å². The molecule has 0 aliphatic carbocycles. The molecule has 2 unspecified atom stereocenters. The average Bonchev–Trinajstić information content (AvgIpc) is 2.83. The van der Waals surface area contributed by atoms with E-state index < -0.39 is 10.0 Å². The van der Waals surface area contributed by atoms with E-state index in [1.54, 1.807) is 0 Å². The Hall–Kier alpha value is -1.11. The van der Waals surface area contributed by atoms with Gasteiger partial charge in [-0.15, -0.1) is 0 Å². The summed E-state index contributed by atoms with van der Waals surface area (Å²) in [5.74, 6) is 0.775. The Bertz CT molecular complexity index is 553. The summed E-state index contributed by atoms with van der Waals surface area (Å²) in [6.45, 7) is 1.81. The summed E-state index contributed by atoms with van der Waals surface area (Å²) >= 11 is 0. The fourth-order valence-corrected chi connectivity index (χ4v) is 4.24. The predicted octanol–water partition coefficient (Wildman–Crippen LogP) is 0.791. The number of rotatable bonds is 3. The summed E-state index contributed by atoms with van der Waals surface area (Å²) in [5.41, 5.74) is 0.926. The number of hydrogen-bond acceptors (Lipinski definition) is 4. The lowest BCUT2D eigenvalue weighted by atomic mass is 10.1. The number of fused-ring (bicyclic) bond motifs is 1. The number of ether oxygens (including phenoxy) is 1. The van der Waals surface area contributed by atoms with Crippen LogP contribution in [-0.4, -0.2) is 33.4 Å². The lowest BCUT2D eigenvalue weighted by molar-refractivity contribution is 0.324. The predicted molar refractivity (Wildman–Crippen MR) is 72.6 cm³/mol. The van der Waals surface area contributed by atoms with Crippen molar-refractivity contribution in [3.8, 4) is 5.75 Å². The largest absolute Gasteiger partial charge is 0.491 e. The molecule has 104 valence electrons. The molecule has 5 nitrogen and oxygen atoms in total. The van der Waals surface area contributed by atoms with E-state index in [1.165, 1.54) is 0 Å². The van der Waals surface area contributed by atoms with Gasteiger partial charge in [0.25, 0.3) is 0 Å². The van der Waals surface area contributed by atoms with E-state index in [9.17, 15) is 8.42 Å². The second-order valence-corrected chi connectivity index (χ2v) is 7.03. The molecular formula is C13H18N2O3S. The molecule has 2 aliphatic heterocycles. The molecule has 0 bridgehead atoms. The lowest BCUT2D eigenvalue weighted by Crippen LogP contribution is -2.45. The topological polar surface area (TPSA) is 67.4 Å². The van der Waals surface area contributed by atoms with E-state index in [2.05, 4.69) is 10.0 Å². The number of piperidine rings is 1. The first-order valence-corrected chi connectivity index (χ1v) is 8.15. The van der Waals surface area contributed by atoms with Crippen LogP contribution in [0.1, 0.15) is 24.4 Å². The maximum absolute atomic E-state index is 12.3. The van der Waals surface area contributed by atoms with Gasteiger partial charge < -0.3 is 10.1 Å². The molecule has 1 fully saturated rings. The van der Waals surface area contributed by atoms with Gasteiger partial charge in [0.1, 0.15) is 12.4 Å². The number of para-hydroxylation sites is 1. The normalized spacial score (nSPS) is 26.7. The number of hydrogen-bond donors (Lipinski definition) is 2. The second kappa shape index (κ2) is 5.11. The van der Waals surface area contributed by atoms with Gasteiger partial charge in [0, 0.05) is 12.1 Å². The van der Waals surface area contributed by atoms with E-state index in [-0.39, 0.29) is 11.3 Å². The van der Waals surface area contributed by atoms with Crippen molar-refractivity contribution >= 4 is 10.0 Å². The minimum atomic E-state index is -3.30. The highest BCUT2D eigenvalue weighted by Gasteiger charge is 2.33. The molecule has 1 aromatic rings. The Morgan fingerprint density at radius 1 is 1.32 bits per heavy atom. The summed E-state index contributed by atoms with van der Waals surface area (Å²) in [6.07, 6.45) is 1.63. The summed E-state index contributed by atoms with van der Waals surface area (Å²) in [4.78, 5) is 0. The number of nitrogens with one attached hydrogen (secondary N) is 2. The quantitative estimate of drug-likeness (QED) is 0.860. The average molecular weight is 282 g/mol. The van der Waals surface area contributed by atoms with Crippen LogP contribution in [0.3, 0.4) is 0 Å². The molecule has 2 heterocycles. The molecule has 0 aromatic heterocycles. The monoisotopic (exact) mass is 282 g/mol. The Kier molecular flexibility index (Phi) is 3.47. The fraction of sp³-hybridized carbons (Fsp3) is 0.538. The van der Waals surface area contributed by atoms with Crippen molar-refractivity contribution < 1.29 is 13.2 Å². The van der Waals surface area contributed by atoms with Crippen LogP contribution in [0.15, 0.2) is 24.3 Å². The summed E-state index contributed by atoms with van der Waals surface area (Å²) in [6, 6.07) is 7.31.